The molecule has 0 amide bonds. The lowest BCUT2D eigenvalue weighted by atomic mass is 10.3. The number of aliphatic hydroxyl groups is 2. The number of hydrogen-bond acceptors (Lipinski definition) is 4. The second-order valence-corrected chi connectivity index (χ2v) is 4.66. The van der Waals surface area contributed by atoms with Gasteiger partial charge in [-0.05, 0) is 25.1 Å². The van der Waals surface area contributed by atoms with E-state index in [4.69, 9.17) is 33.0 Å². The van der Waals surface area contributed by atoms with Crippen LogP contribution >= 0.6 is 23.2 Å². The Labute approximate surface area is 116 Å². The van der Waals surface area contributed by atoms with E-state index in [2.05, 4.69) is 5.32 Å². The van der Waals surface area contributed by atoms with Gasteiger partial charge in [-0.15, -0.1) is 0 Å². The molecular weight excluding hydrogens is 277 g/mol. The minimum absolute atomic E-state index is 0.131. The van der Waals surface area contributed by atoms with Crippen molar-refractivity contribution in [3.8, 4) is 5.75 Å². The molecule has 1 aromatic rings. The highest BCUT2D eigenvalue weighted by molar-refractivity contribution is 6.34. The van der Waals surface area contributed by atoms with Crippen molar-refractivity contribution in [2.75, 3.05) is 26.3 Å². The molecule has 3 N–H and O–H groups in total. The summed E-state index contributed by atoms with van der Waals surface area (Å²) in [6.07, 6.45) is 0.0204. The molecule has 0 fully saturated rings. The molecule has 1 rings (SSSR count). The van der Waals surface area contributed by atoms with E-state index in [1.54, 1.807) is 18.2 Å². The van der Waals surface area contributed by atoms with E-state index >= 15 is 0 Å². The minimum atomic E-state index is -0.640. The fraction of sp³-hybridized carbons (Fsp3) is 0.500. The first-order valence-electron chi connectivity index (χ1n) is 5.71. The third-order valence-corrected chi connectivity index (χ3v) is 2.76. The zero-order valence-electron chi connectivity index (χ0n) is 9.90. The second kappa shape index (κ2) is 8.56. The Kier molecular flexibility index (Phi) is 7.39. The van der Waals surface area contributed by atoms with Crippen LogP contribution in [0.25, 0.3) is 0 Å². The van der Waals surface area contributed by atoms with Gasteiger partial charge < -0.3 is 20.3 Å². The van der Waals surface area contributed by atoms with Crippen LogP contribution in [0, 0.1) is 0 Å². The maximum Gasteiger partial charge on any atom is 0.139 e. The Bertz CT molecular complexity index is 363. The SMILES string of the molecule is OCCCNCC(O)COc1cc(Cl)ccc1Cl. The van der Waals surface area contributed by atoms with E-state index in [9.17, 15) is 5.11 Å². The van der Waals surface area contributed by atoms with Crippen molar-refractivity contribution in [1.29, 1.82) is 0 Å². The summed E-state index contributed by atoms with van der Waals surface area (Å²) in [7, 11) is 0. The summed E-state index contributed by atoms with van der Waals surface area (Å²) >= 11 is 11.7. The lowest BCUT2D eigenvalue weighted by molar-refractivity contribution is 0.106. The number of ether oxygens (including phenoxy) is 1. The first-order chi connectivity index (χ1) is 8.63. The average molecular weight is 294 g/mol. The number of benzene rings is 1. The molecule has 0 spiro atoms. The van der Waals surface area contributed by atoms with Crippen molar-refractivity contribution < 1.29 is 14.9 Å². The van der Waals surface area contributed by atoms with Gasteiger partial charge in [0.15, 0.2) is 0 Å². The van der Waals surface area contributed by atoms with Crippen molar-refractivity contribution >= 4 is 23.2 Å². The van der Waals surface area contributed by atoms with Crippen molar-refractivity contribution in [1.82, 2.24) is 5.32 Å². The van der Waals surface area contributed by atoms with Gasteiger partial charge in [-0.25, -0.2) is 0 Å². The number of hydrogen-bond donors (Lipinski definition) is 3. The van der Waals surface area contributed by atoms with Crippen LogP contribution in [-0.4, -0.2) is 42.6 Å². The molecule has 102 valence electrons. The quantitative estimate of drug-likeness (QED) is 0.639. The predicted molar refractivity (Wildman–Crippen MR) is 72.5 cm³/mol. The second-order valence-electron chi connectivity index (χ2n) is 3.82. The van der Waals surface area contributed by atoms with Gasteiger partial charge in [0.2, 0.25) is 0 Å². The normalized spacial score (nSPS) is 12.4. The average Bonchev–Trinajstić information content (AvgIpc) is 2.36. The summed E-state index contributed by atoms with van der Waals surface area (Å²) in [5, 5.41) is 22.2. The monoisotopic (exact) mass is 293 g/mol. The molecule has 0 saturated carbocycles. The smallest absolute Gasteiger partial charge is 0.139 e. The summed E-state index contributed by atoms with van der Waals surface area (Å²) in [5.41, 5.74) is 0. The summed E-state index contributed by atoms with van der Waals surface area (Å²) in [4.78, 5) is 0. The maximum absolute atomic E-state index is 9.64. The van der Waals surface area contributed by atoms with Crippen molar-refractivity contribution in [3.63, 3.8) is 0 Å². The Morgan fingerprint density at radius 1 is 1.33 bits per heavy atom. The van der Waals surface area contributed by atoms with E-state index in [1.165, 1.54) is 0 Å². The Balaban J connectivity index is 2.29. The van der Waals surface area contributed by atoms with Crippen LogP contribution in [0.2, 0.25) is 10.0 Å². The highest BCUT2D eigenvalue weighted by Gasteiger charge is 2.07. The summed E-state index contributed by atoms with van der Waals surface area (Å²) in [6.45, 7) is 1.33. The fourth-order valence-electron chi connectivity index (χ4n) is 1.31. The molecule has 18 heavy (non-hydrogen) atoms. The summed E-state index contributed by atoms with van der Waals surface area (Å²) in [5.74, 6) is 0.457. The van der Waals surface area contributed by atoms with E-state index in [-0.39, 0.29) is 13.2 Å². The van der Waals surface area contributed by atoms with Gasteiger partial charge in [-0.3, -0.25) is 0 Å². The molecule has 0 bridgehead atoms. The van der Waals surface area contributed by atoms with Crippen LogP contribution in [0.4, 0.5) is 0 Å². The number of rotatable bonds is 8. The van der Waals surface area contributed by atoms with Crippen molar-refractivity contribution in [2.24, 2.45) is 0 Å². The van der Waals surface area contributed by atoms with Gasteiger partial charge >= 0.3 is 0 Å². The Morgan fingerprint density at radius 2 is 2.11 bits per heavy atom. The maximum atomic E-state index is 9.64. The molecule has 0 saturated heterocycles. The summed E-state index contributed by atoms with van der Waals surface area (Å²) in [6, 6.07) is 4.92. The molecule has 0 aromatic heterocycles. The van der Waals surface area contributed by atoms with E-state index in [0.717, 1.165) is 0 Å². The highest BCUT2D eigenvalue weighted by atomic mass is 35.5. The summed E-state index contributed by atoms with van der Waals surface area (Å²) < 4.78 is 5.38. The predicted octanol–water partition coefficient (Wildman–Crippen LogP) is 1.71. The van der Waals surface area contributed by atoms with E-state index in [1.807, 2.05) is 0 Å². The zero-order valence-corrected chi connectivity index (χ0v) is 11.4. The largest absolute Gasteiger partial charge is 0.489 e. The Morgan fingerprint density at radius 3 is 2.83 bits per heavy atom. The number of aliphatic hydroxyl groups excluding tert-OH is 2. The number of halogens is 2. The molecule has 1 atom stereocenters. The van der Waals surface area contributed by atoms with Gasteiger partial charge in [-0.2, -0.15) is 0 Å². The standard InChI is InChI=1S/C12H17Cl2NO3/c13-9-2-3-11(14)12(6-9)18-8-10(17)7-15-4-1-5-16/h2-3,6,10,15-17H,1,4-5,7-8H2. The lowest BCUT2D eigenvalue weighted by Gasteiger charge is -2.14. The zero-order chi connectivity index (χ0) is 13.4. The van der Waals surface area contributed by atoms with E-state index < -0.39 is 6.10 Å². The molecule has 1 unspecified atom stereocenters. The van der Waals surface area contributed by atoms with Gasteiger partial charge in [0, 0.05) is 24.2 Å². The molecule has 6 heteroatoms. The number of nitrogens with one attached hydrogen (secondary N) is 1. The van der Waals surface area contributed by atoms with Crippen molar-refractivity contribution in [3.05, 3.63) is 28.2 Å². The first-order valence-corrected chi connectivity index (χ1v) is 6.46. The van der Waals surface area contributed by atoms with Crippen molar-refractivity contribution in [2.45, 2.75) is 12.5 Å². The highest BCUT2D eigenvalue weighted by Crippen LogP contribution is 2.27. The van der Waals surface area contributed by atoms with Crippen LogP contribution in [0.3, 0.4) is 0 Å². The molecule has 0 radical (unpaired) electrons. The third-order valence-electron chi connectivity index (χ3n) is 2.22. The lowest BCUT2D eigenvalue weighted by Crippen LogP contribution is -2.32. The molecule has 0 aliphatic rings. The van der Waals surface area contributed by atoms with Crippen LogP contribution < -0.4 is 10.1 Å². The van der Waals surface area contributed by atoms with Gasteiger partial charge in [0.05, 0.1) is 5.02 Å². The molecule has 1 aromatic carbocycles. The van der Waals surface area contributed by atoms with Crippen LogP contribution in [0.15, 0.2) is 18.2 Å². The van der Waals surface area contributed by atoms with Gasteiger partial charge in [0.25, 0.3) is 0 Å². The van der Waals surface area contributed by atoms with Crippen LogP contribution in [0.5, 0.6) is 5.75 Å². The molecule has 4 nitrogen and oxygen atoms in total. The molecular formula is C12H17Cl2NO3. The first kappa shape index (κ1) is 15.5. The van der Waals surface area contributed by atoms with Crippen LogP contribution in [0.1, 0.15) is 6.42 Å². The van der Waals surface area contributed by atoms with Crippen LogP contribution in [-0.2, 0) is 0 Å². The van der Waals surface area contributed by atoms with Gasteiger partial charge in [-0.1, -0.05) is 23.2 Å². The molecule has 0 aliphatic heterocycles. The Hall–Kier alpha value is -0.520. The minimum Gasteiger partial charge on any atom is -0.489 e. The molecule has 0 heterocycles. The fourth-order valence-corrected chi connectivity index (χ4v) is 1.64. The van der Waals surface area contributed by atoms with Gasteiger partial charge in [0.1, 0.15) is 18.5 Å². The topological polar surface area (TPSA) is 61.7 Å². The van der Waals surface area contributed by atoms with E-state index in [0.29, 0.717) is 35.3 Å². The third kappa shape index (κ3) is 5.89. The molecule has 0 aliphatic carbocycles.